The molecule has 0 aromatic heterocycles. The van der Waals surface area contributed by atoms with Crippen LogP contribution in [0.15, 0.2) is 18.2 Å². The summed E-state index contributed by atoms with van der Waals surface area (Å²) in [6.45, 7) is 5.81. The first kappa shape index (κ1) is 17.6. The summed E-state index contributed by atoms with van der Waals surface area (Å²) in [4.78, 5) is 11.5. The van der Waals surface area contributed by atoms with Crippen molar-refractivity contribution in [1.29, 1.82) is 0 Å². The number of carbonyl (C=O) groups is 1. The Morgan fingerprint density at radius 1 is 1.33 bits per heavy atom. The van der Waals surface area contributed by atoms with E-state index in [0.29, 0.717) is 6.54 Å². The molecule has 0 bridgehead atoms. The minimum atomic E-state index is -0.845. The minimum Gasteiger partial charge on any atom is -0.469 e. The second-order valence-electron chi connectivity index (χ2n) is 5.45. The van der Waals surface area contributed by atoms with Crippen molar-refractivity contribution >= 4 is 5.97 Å². The van der Waals surface area contributed by atoms with Crippen LogP contribution in [0.3, 0.4) is 0 Å². The molecule has 3 unspecified atom stereocenters. The van der Waals surface area contributed by atoms with Crippen LogP contribution in [0.25, 0.3) is 0 Å². The molecule has 3 atom stereocenters. The van der Waals surface area contributed by atoms with E-state index in [4.69, 9.17) is 0 Å². The molecule has 0 saturated heterocycles. The van der Waals surface area contributed by atoms with Gasteiger partial charge in [-0.25, -0.2) is 0 Å². The van der Waals surface area contributed by atoms with Gasteiger partial charge in [-0.2, -0.15) is 0 Å². The number of hydrogen-bond donors (Lipinski definition) is 3. The molecule has 21 heavy (non-hydrogen) atoms. The molecule has 5 nitrogen and oxygen atoms in total. The molecule has 1 aromatic carbocycles. The van der Waals surface area contributed by atoms with Crippen LogP contribution in [-0.4, -0.2) is 42.0 Å². The van der Waals surface area contributed by atoms with Gasteiger partial charge in [-0.05, 0) is 31.9 Å². The zero-order valence-corrected chi connectivity index (χ0v) is 13.1. The third-order valence-corrected chi connectivity index (χ3v) is 3.42. The molecule has 0 fully saturated rings. The Morgan fingerprint density at radius 2 is 2.00 bits per heavy atom. The van der Waals surface area contributed by atoms with Crippen molar-refractivity contribution in [3.05, 3.63) is 34.9 Å². The fourth-order valence-electron chi connectivity index (χ4n) is 2.18. The first-order chi connectivity index (χ1) is 9.85. The molecule has 0 amide bonds. The first-order valence-electron chi connectivity index (χ1n) is 7.08. The quantitative estimate of drug-likeness (QED) is 0.660. The molecule has 1 aromatic rings. The zero-order valence-electron chi connectivity index (χ0n) is 13.1. The molecule has 0 aliphatic heterocycles. The molecule has 3 N–H and O–H groups in total. The monoisotopic (exact) mass is 295 g/mol. The maximum atomic E-state index is 11.5. The van der Waals surface area contributed by atoms with Gasteiger partial charge in [0.1, 0.15) is 0 Å². The van der Waals surface area contributed by atoms with Crippen molar-refractivity contribution in [3.63, 3.8) is 0 Å². The Labute approximate surface area is 125 Å². The molecule has 0 heterocycles. The van der Waals surface area contributed by atoms with Gasteiger partial charge in [0.25, 0.3) is 0 Å². The maximum absolute atomic E-state index is 11.5. The Balaban J connectivity index is 2.94. The number of ether oxygens (including phenoxy) is 1. The third-order valence-electron chi connectivity index (χ3n) is 3.42. The number of benzene rings is 1. The lowest BCUT2D eigenvalue weighted by molar-refractivity contribution is -0.142. The van der Waals surface area contributed by atoms with Crippen LogP contribution < -0.4 is 5.32 Å². The van der Waals surface area contributed by atoms with Crippen molar-refractivity contribution in [1.82, 2.24) is 5.32 Å². The maximum Gasteiger partial charge on any atom is 0.307 e. The Bertz CT molecular complexity index is 473. The number of esters is 1. The summed E-state index contributed by atoms with van der Waals surface area (Å²) >= 11 is 0. The topological polar surface area (TPSA) is 78.8 Å². The molecule has 5 heteroatoms. The van der Waals surface area contributed by atoms with Gasteiger partial charge < -0.3 is 20.3 Å². The summed E-state index contributed by atoms with van der Waals surface area (Å²) in [6.07, 6.45) is -1.36. The normalized spacial score (nSPS) is 15.3. The van der Waals surface area contributed by atoms with Crippen LogP contribution >= 0.6 is 0 Å². The smallest absolute Gasteiger partial charge is 0.307 e. The van der Waals surface area contributed by atoms with Gasteiger partial charge in [-0.15, -0.1) is 0 Å². The van der Waals surface area contributed by atoms with E-state index in [2.05, 4.69) is 10.1 Å². The summed E-state index contributed by atoms with van der Waals surface area (Å²) in [5, 5.41) is 23.0. The molecule has 1 rings (SSSR count). The fraction of sp³-hybridized carbons (Fsp3) is 0.562. The van der Waals surface area contributed by atoms with Gasteiger partial charge >= 0.3 is 5.97 Å². The molecule has 0 aliphatic carbocycles. The van der Waals surface area contributed by atoms with E-state index < -0.39 is 24.2 Å². The van der Waals surface area contributed by atoms with Gasteiger partial charge in [0.15, 0.2) is 0 Å². The number of methoxy groups -OCH3 is 1. The van der Waals surface area contributed by atoms with E-state index in [1.807, 2.05) is 32.0 Å². The van der Waals surface area contributed by atoms with E-state index in [1.54, 1.807) is 6.92 Å². The number of aliphatic hydroxyl groups is 2. The van der Waals surface area contributed by atoms with Crippen molar-refractivity contribution in [2.24, 2.45) is 0 Å². The zero-order chi connectivity index (χ0) is 16.0. The SMILES string of the molecule is COC(=O)CC(NCC(C)O)C(O)c1cc(C)ccc1C. The Kier molecular flexibility index (Phi) is 6.81. The predicted molar refractivity (Wildman–Crippen MR) is 81.0 cm³/mol. The Hall–Kier alpha value is -1.43. The Morgan fingerprint density at radius 3 is 2.57 bits per heavy atom. The molecular formula is C16H25NO4. The molecule has 0 saturated carbocycles. The summed E-state index contributed by atoms with van der Waals surface area (Å²) in [5.74, 6) is -0.401. The van der Waals surface area contributed by atoms with Gasteiger partial charge in [-0.1, -0.05) is 23.8 Å². The van der Waals surface area contributed by atoms with E-state index in [-0.39, 0.29) is 6.42 Å². The van der Waals surface area contributed by atoms with Crippen molar-refractivity contribution in [2.45, 2.75) is 45.4 Å². The number of carbonyl (C=O) groups excluding carboxylic acids is 1. The van der Waals surface area contributed by atoms with Gasteiger partial charge in [-0.3, -0.25) is 4.79 Å². The fourth-order valence-corrected chi connectivity index (χ4v) is 2.18. The van der Waals surface area contributed by atoms with E-state index in [9.17, 15) is 15.0 Å². The largest absolute Gasteiger partial charge is 0.469 e. The van der Waals surface area contributed by atoms with Gasteiger partial charge in [0.05, 0.1) is 25.7 Å². The standard InChI is InChI=1S/C16H25NO4/c1-10-5-6-11(2)13(7-10)16(20)14(8-15(19)21-4)17-9-12(3)18/h5-7,12,14,16-18,20H,8-9H2,1-4H3. The average molecular weight is 295 g/mol. The van der Waals surface area contributed by atoms with E-state index in [0.717, 1.165) is 16.7 Å². The van der Waals surface area contributed by atoms with E-state index in [1.165, 1.54) is 7.11 Å². The summed E-state index contributed by atoms with van der Waals surface area (Å²) in [6, 6.07) is 5.32. The highest BCUT2D eigenvalue weighted by Gasteiger charge is 2.25. The van der Waals surface area contributed by atoms with E-state index >= 15 is 0 Å². The van der Waals surface area contributed by atoms with Crippen LogP contribution in [0.1, 0.15) is 36.1 Å². The number of rotatable bonds is 7. The highest BCUT2D eigenvalue weighted by Crippen LogP contribution is 2.24. The van der Waals surface area contributed by atoms with Crippen LogP contribution in [0.4, 0.5) is 0 Å². The van der Waals surface area contributed by atoms with Gasteiger partial charge in [0, 0.05) is 12.6 Å². The summed E-state index contributed by atoms with van der Waals surface area (Å²) in [5.41, 5.74) is 2.78. The van der Waals surface area contributed by atoms with Crippen LogP contribution in [-0.2, 0) is 9.53 Å². The van der Waals surface area contributed by atoms with Gasteiger partial charge in [0.2, 0.25) is 0 Å². The predicted octanol–water partition coefficient (Wildman–Crippen LogP) is 1.24. The lowest BCUT2D eigenvalue weighted by atomic mass is 9.94. The number of aryl methyl sites for hydroxylation is 2. The lowest BCUT2D eigenvalue weighted by Gasteiger charge is -2.25. The minimum absolute atomic E-state index is 0.0395. The summed E-state index contributed by atoms with van der Waals surface area (Å²) < 4.78 is 4.67. The molecule has 118 valence electrons. The molecular weight excluding hydrogens is 270 g/mol. The van der Waals surface area contributed by atoms with Crippen LogP contribution in [0, 0.1) is 13.8 Å². The molecule has 0 radical (unpaired) electrons. The molecule has 0 spiro atoms. The average Bonchev–Trinajstić information content (AvgIpc) is 2.44. The molecule has 0 aliphatic rings. The third kappa shape index (κ3) is 5.46. The van der Waals surface area contributed by atoms with Crippen molar-refractivity contribution in [2.75, 3.05) is 13.7 Å². The second-order valence-corrected chi connectivity index (χ2v) is 5.45. The number of aliphatic hydroxyl groups excluding tert-OH is 2. The lowest BCUT2D eigenvalue weighted by Crippen LogP contribution is -2.40. The second kappa shape index (κ2) is 8.12. The van der Waals surface area contributed by atoms with Crippen molar-refractivity contribution < 1.29 is 19.7 Å². The van der Waals surface area contributed by atoms with Crippen LogP contribution in [0.5, 0.6) is 0 Å². The number of hydrogen-bond acceptors (Lipinski definition) is 5. The summed E-state index contributed by atoms with van der Waals surface area (Å²) in [7, 11) is 1.32. The highest BCUT2D eigenvalue weighted by atomic mass is 16.5. The first-order valence-corrected chi connectivity index (χ1v) is 7.08. The highest BCUT2D eigenvalue weighted by molar-refractivity contribution is 5.70. The van der Waals surface area contributed by atoms with Crippen molar-refractivity contribution in [3.8, 4) is 0 Å². The number of nitrogens with one attached hydrogen (secondary N) is 1. The van der Waals surface area contributed by atoms with Crippen LogP contribution in [0.2, 0.25) is 0 Å².